The van der Waals surface area contributed by atoms with Crippen LogP contribution in [0, 0.1) is 17.3 Å². The van der Waals surface area contributed by atoms with E-state index in [4.69, 9.17) is 0 Å². The SMILES string of the molecule is CCC1CC1(C(=O)O)C(C)C1(NC2CCCCC2)CCCCC1. The fourth-order valence-electron chi connectivity index (χ4n) is 5.87. The van der Waals surface area contributed by atoms with Crippen molar-refractivity contribution in [1.29, 1.82) is 0 Å². The Morgan fingerprint density at radius 2 is 1.74 bits per heavy atom. The van der Waals surface area contributed by atoms with Crippen LogP contribution in [0.5, 0.6) is 0 Å². The number of hydrogen-bond acceptors (Lipinski definition) is 2. The smallest absolute Gasteiger partial charge is 0.310 e. The highest BCUT2D eigenvalue weighted by molar-refractivity contribution is 5.79. The lowest BCUT2D eigenvalue weighted by atomic mass is 9.65. The molecule has 3 atom stereocenters. The second-order valence-corrected chi connectivity index (χ2v) is 8.57. The van der Waals surface area contributed by atoms with Crippen LogP contribution < -0.4 is 5.32 Å². The van der Waals surface area contributed by atoms with Crippen molar-refractivity contribution in [2.45, 2.75) is 102 Å². The van der Waals surface area contributed by atoms with E-state index in [9.17, 15) is 9.90 Å². The van der Waals surface area contributed by atoms with Crippen molar-refractivity contribution in [3.8, 4) is 0 Å². The molecule has 0 aliphatic heterocycles. The molecule has 0 saturated heterocycles. The standard InChI is InChI=1S/C20H35NO2/c1-3-16-14-20(16,18(22)23)15(2)19(12-8-5-9-13-19)21-17-10-6-4-7-11-17/h15-17,21H,3-14H2,1-2H3,(H,22,23). The summed E-state index contributed by atoms with van der Waals surface area (Å²) in [5, 5.41) is 14.1. The highest BCUT2D eigenvalue weighted by Crippen LogP contribution is 2.63. The maximum absolute atomic E-state index is 12.1. The van der Waals surface area contributed by atoms with Gasteiger partial charge >= 0.3 is 5.97 Å². The number of carbonyl (C=O) groups is 1. The summed E-state index contributed by atoms with van der Waals surface area (Å²) in [5.41, 5.74) is -0.379. The molecule has 132 valence electrons. The van der Waals surface area contributed by atoms with E-state index in [2.05, 4.69) is 19.2 Å². The van der Waals surface area contributed by atoms with Crippen LogP contribution in [0.2, 0.25) is 0 Å². The van der Waals surface area contributed by atoms with Crippen LogP contribution >= 0.6 is 0 Å². The van der Waals surface area contributed by atoms with E-state index in [1.54, 1.807) is 0 Å². The lowest BCUT2D eigenvalue weighted by Crippen LogP contribution is -2.59. The Bertz CT molecular complexity index is 423. The molecule has 0 heterocycles. The summed E-state index contributed by atoms with van der Waals surface area (Å²) in [6, 6.07) is 0.619. The first-order chi connectivity index (χ1) is 11.0. The molecule has 0 aromatic carbocycles. The molecule has 0 aromatic heterocycles. The minimum atomic E-state index is -0.535. The van der Waals surface area contributed by atoms with Crippen LogP contribution in [0.15, 0.2) is 0 Å². The molecule has 3 fully saturated rings. The first-order valence-electron chi connectivity index (χ1n) is 10.1. The third-order valence-corrected chi connectivity index (χ3v) is 7.49. The Morgan fingerprint density at radius 1 is 1.13 bits per heavy atom. The van der Waals surface area contributed by atoms with Crippen LogP contribution in [0.25, 0.3) is 0 Å². The minimum absolute atomic E-state index is 0.0720. The Morgan fingerprint density at radius 3 is 2.26 bits per heavy atom. The molecular formula is C20H35NO2. The predicted octanol–water partition coefficient (Wildman–Crippen LogP) is 4.75. The monoisotopic (exact) mass is 321 g/mol. The van der Waals surface area contributed by atoms with Crippen LogP contribution in [0.3, 0.4) is 0 Å². The van der Waals surface area contributed by atoms with Crippen molar-refractivity contribution in [1.82, 2.24) is 5.32 Å². The maximum Gasteiger partial charge on any atom is 0.310 e. The summed E-state index contributed by atoms with van der Waals surface area (Å²) in [6.45, 7) is 4.41. The van der Waals surface area contributed by atoms with E-state index < -0.39 is 11.4 Å². The first-order valence-corrected chi connectivity index (χ1v) is 10.1. The zero-order valence-corrected chi connectivity index (χ0v) is 15.1. The highest BCUT2D eigenvalue weighted by Gasteiger charge is 2.66. The van der Waals surface area contributed by atoms with E-state index in [1.807, 2.05) is 0 Å². The van der Waals surface area contributed by atoms with Gasteiger partial charge in [0.25, 0.3) is 0 Å². The van der Waals surface area contributed by atoms with Crippen LogP contribution in [0.4, 0.5) is 0 Å². The maximum atomic E-state index is 12.1. The van der Waals surface area contributed by atoms with E-state index in [0.717, 1.165) is 12.8 Å². The molecule has 3 nitrogen and oxygen atoms in total. The van der Waals surface area contributed by atoms with Crippen LogP contribution in [-0.2, 0) is 4.79 Å². The molecule has 3 aliphatic carbocycles. The van der Waals surface area contributed by atoms with E-state index in [1.165, 1.54) is 64.2 Å². The molecular weight excluding hydrogens is 286 g/mol. The van der Waals surface area contributed by atoms with E-state index in [0.29, 0.717) is 12.0 Å². The molecule has 3 rings (SSSR count). The number of aliphatic carboxylic acids is 1. The van der Waals surface area contributed by atoms with Crippen LogP contribution in [0.1, 0.15) is 90.9 Å². The van der Waals surface area contributed by atoms with Gasteiger partial charge in [0, 0.05) is 11.6 Å². The van der Waals surface area contributed by atoms with Gasteiger partial charge in [0.05, 0.1) is 5.41 Å². The Hall–Kier alpha value is -0.570. The lowest BCUT2D eigenvalue weighted by Gasteiger charge is -2.48. The normalized spacial score (nSPS) is 35.7. The molecule has 3 aliphatic rings. The fraction of sp³-hybridized carbons (Fsp3) is 0.950. The fourth-order valence-corrected chi connectivity index (χ4v) is 5.87. The molecule has 3 saturated carbocycles. The van der Waals surface area contributed by atoms with Crippen molar-refractivity contribution in [3.63, 3.8) is 0 Å². The van der Waals surface area contributed by atoms with Gasteiger partial charge in [-0.1, -0.05) is 58.8 Å². The number of rotatable bonds is 6. The van der Waals surface area contributed by atoms with Gasteiger partial charge in [0.15, 0.2) is 0 Å². The van der Waals surface area contributed by atoms with Gasteiger partial charge in [0.2, 0.25) is 0 Å². The molecule has 0 radical (unpaired) electrons. The van der Waals surface area contributed by atoms with Gasteiger partial charge in [-0.3, -0.25) is 4.79 Å². The summed E-state index contributed by atoms with van der Waals surface area (Å²) in [5.74, 6) is 0.105. The van der Waals surface area contributed by atoms with Gasteiger partial charge in [-0.2, -0.15) is 0 Å². The Kier molecular flexibility index (Phi) is 5.06. The summed E-state index contributed by atoms with van der Waals surface area (Å²) in [7, 11) is 0. The van der Waals surface area contributed by atoms with Crippen molar-refractivity contribution >= 4 is 5.97 Å². The molecule has 0 amide bonds. The van der Waals surface area contributed by atoms with Gasteiger partial charge in [-0.25, -0.2) is 0 Å². The van der Waals surface area contributed by atoms with Gasteiger partial charge in [-0.05, 0) is 43.9 Å². The highest BCUT2D eigenvalue weighted by atomic mass is 16.4. The zero-order chi connectivity index (χ0) is 16.5. The van der Waals surface area contributed by atoms with Crippen molar-refractivity contribution in [2.75, 3.05) is 0 Å². The van der Waals surface area contributed by atoms with Gasteiger partial charge in [-0.15, -0.1) is 0 Å². The quantitative estimate of drug-likeness (QED) is 0.742. The minimum Gasteiger partial charge on any atom is -0.481 e. The lowest BCUT2D eigenvalue weighted by molar-refractivity contribution is -0.148. The predicted molar refractivity (Wildman–Crippen MR) is 93.5 cm³/mol. The average molecular weight is 322 g/mol. The summed E-state index contributed by atoms with van der Waals surface area (Å²) in [6.07, 6.45) is 14.7. The molecule has 2 N–H and O–H groups in total. The molecule has 3 unspecified atom stereocenters. The molecule has 3 heteroatoms. The topological polar surface area (TPSA) is 49.3 Å². The van der Waals surface area contributed by atoms with E-state index >= 15 is 0 Å². The summed E-state index contributed by atoms with van der Waals surface area (Å²) >= 11 is 0. The zero-order valence-electron chi connectivity index (χ0n) is 15.1. The second kappa shape index (κ2) is 6.74. The number of hydrogen-bond donors (Lipinski definition) is 2. The molecule has 0 aromatic rings. The Balaban J connectivity index is 1.81. The third kappa shape index (κ3) is 3.06. The van der Waals surface area contributed by atoms with Crippen molar-refractivity contribution < 1.29 is 9.90 Å². The van der Waals surface area contributed by atoms with Crippen molar-refractivity contribution in [3.05, 3.63) is 0 Å². The second-order valence-electron chi connectivity index (χ2n) is 8.57. The average Bonchev–Trinajstić information content (AvgIpc) is 3.32. The summed E-state index contributed by atoms with van der Waals surface area (Å²) < 4.78 is 0. The molecule has 0 bridgehead atoms. The first kappa shape index (κ1) is 17.3. The van der Waals surface area contributed by atoms with Gasteiger partial charge in [0.1, 0.15) is 0 Å². The van der Waals surface area contributed by atoms with Crippen LogP contribution in [-0.4, -0.2) is 22.7 Å². The number of carboxylic acids is 1. The summed E-state index contributed by atoms with van der Waals surface area (Å²) in [4.78, 5) is 12.1. The molecule has 0 spiro atoms. The van der Waals surface area contributed by atoms with E-state index in [-0.39, 0.29) is 11.5 Å². The largest absolute Gasteiger partial charge is 0.481 e. The third-order valence-electron chi connectivity index (χ3n) is 7.49. The van der Waals surface area contributed by atoms with Gasteiger partial charge < -0.3 is 10.4 Å². The number of nitrogens with one attached hydrogen (secondary N) is 1. The molecule has 23 heavy (non-hydrogen) atoms. The number of carboxylic acid groups (broad SMARTS) is 1. The van der Waals surface area contributed by atoms with Crippen molar-refractivity contribution in [2.24, 2.45) is 17.3 Å². The Labute approximate surface area is 141 Å².